The Kier molecular flexibility index (Phi) is 10.4. The first-order chi connectivity index (χ1) is 17.1. The van der Waals surface area contributed by atoms with E-state index < -0.39 is 0 Å². The van der Waals surface area contributed by atoms with Crippen LogP contribution in [0.4, 0.5) is 4.79 Å². The summed E-state index contributed by atoms with van der Waals surface area (Å²) in [5.41, 5.74) is 3.09. The molecule has 186 valence electrons. The van der Waals surface area contributed by atoms with E-state index in [0.29, 0.717) is 45.8 Å². The molecule has 3 rings (SSSR count). The highest BCUT2D eigenvalue weighted by atomic mass is 16.5. The van der Waals surface area contributed by atoms with Crippen LogP contribution in [0.25, 0.3) is 0 Å². The van der Waals surface area contributed by atoms with Gasteiger partial charge in [-0.15, -0.1) is 0 Å². The fourth-order valence-electron chi connectivity index (χ4n) is 3.80. The Morgan fingerprint density at radius 1 is 0.886 bits per heavy atom. The minimum absolute atomic E-state index is 0.00397. The second kappa shape index (κ2) is 14.0. The highest BCUT2D eigenvalue weighted by Crippen LogP contribution is 2.12. The van der Waals surface area contributed by atoms with Crippen molar-refractivity contribution in [3.8, 4) is 0 Å². The molecular formula is C28H36N4O3. The number of ether oxygens (including phenoxy) is 1. The predicted molar refractivity (Wildman–Crippen MR) is 137 cm³/mol. The number of nitrogens with one attached hydrogen (secondary N) is 1. The van der Waals surface area contributed by atoms with Crippen LogP contribution in [0, 0.1) is 0 Å². The lowest BCUT2D eigenvalue weighted by Gasteiger charge is -2.28. The molecule has 0 aliphatic rings. The molecule has 1 N–H and O–H groups in total. The highest BCUT2D eigenvalue weighted by molar-refractivity contribution is 5.84. The number of amides is 3. The monoisotopic (exact) mass is 476 g/mol. The molecule has 7 heteroatoms. The number of benzene rings is 2. The molecular weight excluding hydrogens is 440 g/mol. The maximum atomic E-state index is 13.5. The van der Waals surface area contributed by atoms with Crippen LogP contribution in [0.2, 0.25) is 0 Å². The fraction of sp³-hybridized carbons (Fsp3) is 0.357. The third kappa shape index (κ3) is 8.61. The summed E-state index contributed by atoms with van der Waals surface area (Å²) in [7, 11) is 1.97. The normalized spacial score (nSPS) is 10.7. The van der Waals surface area contributed by atoms with Gasteiger partial charge in [0.2, 0.25) is 5.91 Å². The van der Waals surface area contributed by atoms with Crippen molar-refractivity contribution < 1.29 is 14.3 Å². The average molecular weight is 477 g/mol. The number of carbonyl (C=O) groups excluding carboxylic acids is 2. The van der Waals surface area contributed by atoms with Crippen molar-refractivity contribution in [1.82, 2.24) is 19.7 Å². The zero-order chi connectivity index (χ0) is 24.9. The van der Waals surface area contributed by atoms with Gasteiger partial charge in [-0.05, 0) is 36.6 Å². The van der Waals surface area contributed by atoms with Gasteiger partial charge >= 0.3 is 6.03 Å². The molecule has 0 atom stereocenters. The topological polar surface area (TPSA) is 66.8 Å². The molecule has 0 aliphatic heterocycles. The van der Waals surface area contributed by atoms with Crippen molar-refractivity contribution in [1.29, 1.82) is 0 Å². The number of aryl methyl sites for hydroxylation is 1. The van der Waals surface area contributed by atoms with Crippen LogP contribution in [-0.4, -0.2) is 52.6 Å². The van der Waals surface area contributed by atoms with Crippen molar-refractivity contribution in [3.05, 3.63) is 95.8 Å². The van der Waals surface area contributed by atoms with Crippen molar-refractivity contribution in [2.75, 3.05) is 26.3 Å². The van der Waals surface area contributed by atoms with Gasteiger partial charge < -0.3 is 24.4 Å². The first kappa shape index (κ1) is 26.0. The summed E-state index contributed by atoms with van der Waals surface area (Å²) < 4.78 is 7.46. The lowest BCUT2D eigenvalue weighted by Crippen LogP contribution is -2.47. The van der Waals surface area contributed by atoms with E-state index >= 15 is 0 Å². The van der Waals surface area contributed by atoms with Crippen LogP contribution in [-0.2, 0) is 36.2 Å². The second-order valence-corrected chi connectivity index (χ2v) is 8.46. The SMILES string of the molecule is CCOCCCN(CC(=O)N(Cc1ccccc1)Cc1cccn1C)C(=O)NCc1ccccc1. The Morgan fingerprint density at radius 3 is 2.20 bits per heavy atom. The largest absolute Gasteiger partial charge is 0.382 e. The van der Waals surface area contributed by atoms with Gasteiger partial charge in [0.25, 0.3) is 0 Å². The van der Waals surface area contributed by atoms with E-state index in [4.69, 9.17) is 4.74 Å². The lowest BCUT2D eigenvalue weighted by molar-refractivity contribution is -0.133. The van der Waals surface area contributed by atoms with E-state index in [0.717, 1.165) is 16.8 Å². The maximum Gasteiger partial charge on any atom is 0.318 e. The number of hydrogen-bond donors (Lipinski definition) is 1. The predicted octanol–water partition coefficient (Wildman–Crippen LogP) is 4.19. The smallest absolute Gasteiger partial charge is 0.318 e. The molecule has 0 spiro atoms. The summed E-state index contributed by atoms with van der Waals surface area (Å²) in [5.74, 6) is -0.0960. The zero-order valence-corrected chi connectivity index (χ0v) is 20.7. The quantitative estimate of drug-likeness (QED) is 0.376. The first-order valence-corrected chi connectivity index (χ1v) is 12.1. The number of aromatic nitrogens is 1. The van der Waals surface area contributed by atoms with E-state index in [9.17, 15) is 9.59 Å². The summed E-state index contributed by atoms with van der Waals surface area (Å²) in [4.78, 5) is 30.0. The van der Waals surface area contributed by atoms with Gasteiger partial charge in [0.1, 0.15) is 6.54 Å². The third-order valence-electron chi connectivity index (χ3n) is 5.79. The molecule has 7 nitrogen and oxygen atoms in total. The minimum atomic E-state index is -0.253. The molecule has 1 aromatic heterocycles. The molecule has 1 heterocycles. The van der Waals surface area contributed by atoms with Crippen molar-refractivity contribution in [2.24, 2.45) is 7.05 Å². The van der Waals surface area contributed by atoms with Crippen LogP contribution in [0.1, 0.15) is 30.2 Å². The standard InChI is InChI=1S/C28H36N4O3/c1-3-35-19-11-18-31(28(34)29-20-24-12-6-4-7-13-24)23-27(33)32(21-25-14-8-5-9-15-25)22-26-16-10-17-30(26)2/h4-10,12-17H,3,11,18-23H2,1-2H3,(H,29,34). The Hall–Kier alpha value is -3.58. The van der Waals surface area contributed by atoms with Crippen LogP contribution in [0.3, 0.4) is 0 Å². The second-order valence-electron chi connectivity index (χ2n) is 8.46. The molecule has 0 fully saturated rings. The average Bonchev–Trinajstić information content (AvgIpc) is 3.29. The Bertz CT molecular complexity index is 1040. The maximum absolute atomic E-state index is 13.5. The first-order valence-electron chi connectivity index (χ1n) is 12.1. The van der Waals surface area contributed by atoms with Gasteiger partial charge in [0, 0.05) is 51.8 Å². The van der Waals surface area contributed by atoms with Crippen molar-refractivity contribution in [2.45, 2.75) is 33.0 Å². The molecule has 35 heavy (non-hydrogen) atoms. The molecule has 0 saturated carbocycles. The van der Waals surface area contributed by atoms with E-state index in [-0.39, 0.29) is 18.5 Å². The van der Waals surface area contributed by atoms with E-state index in [1.54, 1.807) is 4.90 Å². The van der Waals surface area contributed by atoms with Crippen molar-refractivity contribution in [3.63, 3.8) is 0 Å². The summed E-state index contributed by atoms with van der Waals surface area (Å²) in [6.45, 7) is 4.91. The molecule has 2 aromatic carbocycles. The Balaban J connectivity index is 1.70. The molecule has 0 saturated heterocycles. The Labute approximate surface area is 208 Å². The number of urea groups is 1. The number of carbonyl (C=O) groups is 2. The summed E-state index contributed by atoms with van der Waals surface area (Å²) in [6.07, 6.45) is 2.63. The van der Waals surface area contributed by atoms with Crippen LogP contribution < -0.4 is 5.32 Å². The summed E-state index contributed by atoms with van der Waals surface area (Å²) in [5, 5.41) is 2.96. The molecule has 0 bridgehead atoms. The highest BCUT2D eigenvalue weighted by Gasteiger charge is 2.22. The zero-order valence-electron chi connectivity index (χ0n) is 20.7. The van der Waals surface area contributed by atoms with Gasteiger partial charge in [-0.1, -0.05) is 60.7 Å². The van der Waals surface area contributed by atoms with Gasteiger partial charge in [-0.3, -0.25) is 4.79 Å². The van der Waals surface area contributed by atoms with Gasteiger partial charge in [0.05, 0.1) is 6.54 Å². The van der Waals surface area contributed by atoms with E-state index in [2.05, 4.69) is 5.32 Å². The van der Waals surface area contributed by atoms with Crippen LogP contribution in [0.5, 0.6) is 0 Å². The Morgan fingerprint density at radius 2 is 1.57 bits per heavy atom. The molecule has 0 radical (unpaired) electrons. The van der Waals surface area contributed by atoms with Gasteiger partial charge in [0.15, 0.2) is 0 Å². The minimum Gasteiger partial charge on any atom is -0.382 e. The number of rotatable bonds is 13. The fourth-order valence-corrected chi connectivity index (χ4v) is 3.80. The van der Waals surface area contributed by atoms with Crippen LogP contribution >= 0.6 is 0 Å². The summed E-state index contributed by atoms with van der Waals surface area (Å²) in [6, 6.07) is 23.4. The third-order valence-corrected chi connectivity index (χ3v) is 5.79. The lowest BCUT2D eigenvalue weighted by atomic mass is 10.2. The van der Waals surface area contributed by atoms with Gasteiger partial charge in [-0.25, -0.2) is 4.79 Å². The molecule has 0 unspecified atom stereocenters. The number of hydrogen-bond acceptors (Lipinski definition) is 3. The molecule has 3 aromatic rings. The van der Waals surface area contributed by atoms with E-state index in [1.165, 1.54) is 0 Å². The van der Waals surface area contributed by atoms with Gasteiger partial charge in [-0.2, -0.15) is 0 Å². The summed E-state index contributed by atoms with van der Waals surface area (Å²) >= 11 is 0. The molecule has 3 amide bonds. The van der Waals surface area contributed by atoms with Crippen molar-refractivity contribution >= 4 is 11.9 Å². The molecule has 0 aliphatic carbocycles. The number of nitrogens with zero attached hydrogens (tertiary/aromatic N) is 3. The van der Waals surface area contributed by atoms with Crippen LogP contribution in [0.15, 0.2) is 79.0 Å². The van der Waals surface area contributed by atoms with E-state index in [1.807, 2.05) is 102 Å².